The number of ether oxygens (including phenoxy) is 2. The molecule has 0 fully saturated rings. The summed E-state index contributed by atoms with van der Waals surface area (Å²) in [6.07, 6.45) is 3.32. The van der Waals surface area contributed by atoms with E-state index in [0.29, 0.717) is 23.0 Å². The second-order valence-electron chi connectivity index (χ2n) is 8.63. The van der Waals surface area contributed by atoms with Crippen molar-refractivity contribution in [2.24, 2.45) is 5.92 Å². The lowest BCUT2D eigenvalue weighted by molar-refractivity contribution is -0.163. The maximum Gasteiger partial charge on any atom is 0.321 e. The molecule has 0 radical (unpaired) electrons. The van der Waals surface area contributed by atoms with Crippen molar-refractivity contribution in [1.29, 1.82) is 0 Å². The highest BCUT2D eigenvalue weighted by molar-refractivity contribution is 6.42. The number of aryl methyl sites for hydroxylation is 1. The Morgan fingerprint density at radius 1 is 1.09 bits per heavy atom. The van der Waals surface area contributed by atoms with Gasteiger partial charge in [-0.05, 0) is 50.8 Å². The largest absolute Gasteiger partial charge is 0.465 e. The predicted molar refractivity (Wildman–Crippen MR) is 129 cm³/mol. The van der Waals surface area contributed by atoms with E-state index in [2.05, 4.69) is 18.4 Å². The quantitative estimate of drug-likeness (QED) is 0.259. The van der Waals surface area contributed by atoms with Crippen molar-refractivity contribution in [3.8, 4) is 0 Å². The fourth-order valence-corrected chi connectivity index (χ4v) is 4.89. The molecule has 0 N–H and O–H groups in total. The van der Waals surface area contributed by atoms with Crippen molar-refractivity contribution in [3.63, 3.8) is 0 Å². The molecule has 1 aromatic carbocycles. The molecule has 1 atom stereocenters. The van der Waals surface area contributed by atoms with Gasteiger partial charge in [0.1, 0.15) is 5.82 Å². The van der Waals surface area contributed by atoms with Crippen LogP contribution in [0.2, 0.25) is 10.0 Å². The molecule has 1 aliphatic rings. The molecule has 1 unspecified atom stereocenters. The summed E-state index contributed by atoms with van der Waals surface area (Å²) in [7, 11) is 0. The number of fused-ring (bicyclic) bond motifs is 1. The molecule has 8 heteroatoms. The number of halogens is 2. The third-order valence-electron chi connectivity index (χ3n) is 5.97. The predicted octanol–water partition coefficient (Wildman–Crippen LogP) is 5.91. The molecule has 33 heavy (non-hydrogen) atoms. The van der Waals surface area contributed by atoms with Crippen LogP contribution in [0.4, 0.5) is 0 Å². The van der Waals surface area contributed by atoms with Gasteiger partial charge in [0.15, 0.2) is 5.92 Å². The Labute approximate surface area is 205 Å². The SMILES string of the molecule is CCOC(=O)C(C(=O)OCC)C1CCCCc2nc(C(C)C)n(Cc3ccc(Cl)c(Cl)c3)c21. The summed E-state index contributed by atoms with van der Waals surface area (Å²) in [5.41, 5.74) is 2.84. The Morgan fingerprint density at radius 3 is 2.33 bits per heavy atom. The number of carbonyl (C=O) groups is 2. The van der Waals surface area contributed by atoms with E-state index in [1.54, 1.807) is 19.9 Å². The smallest absolute Gasteiger partial charge is 0.321 e. The molecule has 0 amide bonds. The second-order valence-corrected chi connectivity index (χ2v) is 9.44. The minimum absolute atomic E-state index is 0.156. The Hall–Kier alpha value is -2.05. The van der Waals surface area contributed by atoms with Gasteiger partial charge in [-0.3, -0.25) is 9.59 Å². The van der Waals surface area contributed by atoms with Gasteiger partial charge < -0.3 is 14.0 Å². The normalized spacial score (nSPS) is 15.9. The van der Waals surface area contributed by atoms with Crippen molar-refractivity contribution >= 4 is 35.1 Å². The third-order valence-corrected chi connectivity index (χ3v) is 6.71. The van der Waals surface area contributed by atoms with Crippen molar-refractivity contribution in [2.45, 2.75) is 71.8 Å². The van der Waals surface area contributed by atoms with Crippen molar-refractivity contribution in [1.82, 2.24) is 9.55 Å². The van der Waals surface area contributed by atoms with E-state index < -0.39 is 17.9 Å². The summed E-state index contributed by atoms with van der Waals surface area (Å²) >= 11 is 12.4. The summed E-state index contributed by atoms with van der Waals surface area (Å²) < 4.78 is 12.8. The monoisotopic (exact) mass is 494 g/mol. The molecule has 0 bridgehead atoms. The lowest BCUT2D eigenvalue weighted by Crippen LogP contribution is -2.34. The van der Waals surface area contributed by atoms with Gasteiger partial charge in [0.05, 0.1) is 29.0 Å². The first-order chi connectivity index (χ1) is 15.8. The van der Waals surface area contributed by atoms with E-state index >= 15 is 0 Å². The van der Waals surface area contributed by atoms with Gasteiger partial charge in [-0.2, -0.15) is 0 Å². The lowest BCUT2D eigenvalue weighted by Gasteiger charge is -2.26. The van der Waals surface area contributed by atoms with E-state index in [-0.39, 0.29) is 25.0 Å². The molecule has 0 saturated heterocycles. The number of hydrogen-bond donors (Lipinski definition) is 0. The second kappa shape index (κ2) is 11.4. The number of hydrogen-bond acceptors (Lipinski definition) is 5. The first kappa shape index (κ1) is 25.6. The van der Waals surface area contributed by atoms with Crippen LogP contribution in [0.15, 0.2) is 18.2 Å². The molecule has 1 aliphatic carbocycles. The molecule has 180 valence electrons. The Morgan fingerprint density at radius 2 is 1.76 bits per heavy atom. The fourth-order valence-electron chi connectivity index (χ4n) is 4.57. The zero-order chi connectivity index (χ0) is 24.1. The van der Waals surface area contributed by atoms with Gasteiger partial charge >= 0.3 is 11.9 Å². The van der Waals surface area contributed by atoms with Crippen LogP contribution in [0.5, 0.6) is 0 Å². The van der Waals surface area contributed by atoms with E-state index in [1.807, 2.05) is 12.1 Å². The highest BCUT2D eigenvalue weighted by Crippen LogP contribution is 2.39. The third kappa shape index (κ3) is 5.72. The molecule has 1 aromatic heterocycles. The van der Waals surface area contributed by atoms with E-state index in [0.717, 1.165) is 42.0 Å². The van der Waals surface area contributed by atoms with Gasteiger partial charge in [0, 0.05) is 24.1 Å². The molecule has 0 spiro atoms. The minimum Gasteiger partial charge on any atom is -0.465 e. The number of esters is 2. The fraction of sp³-hybridized carbons (Fsp3) is 0.560. The Bertz CT molecular complexity index is 985. The average molecular weight is 495 g/mol. The number of benzene rings is 1. The molecular weight excluding hydrogens is 463 g/mol. The zero-order valence-corrected chi connectivity index (χ0v) is 21.2. The molecule has 6 nitrogen and oxygen atoms in total. The van der Waals surface area contributed by atoms with Crippen LogP contribution in [0, 0.1) is 5.92 Å². The number of imidazole rings is 1. The van der Waals surface area contributed by atoms with Crippen LogP contribution >= 0.6 is 23.2 Å². The highest BCUT2D eigenvalue weighted by atomic mass is 35.5. The van der Waals surface area contributed by atoms with Crippen molar-refractivity contribution in [2.75, 3.05) is 13.2 Å². The number of rotatable bonds is 8. The van der Waals surface area contributed by atoms with Crippen LogP contribution in [0.1, 0.15) is 81.6 Å². The van der Waals surface area contributed by atoms with Gasteiger partial charge in [-0.1, -0.05) is 49.5 Å². The molecule has 3 rings (SSSR count). The number of aromatic nitrogens is 2. The van der Waals surface area contributed by atoms with Crippen molar-refractivity contribution < 1.29 is 19.1 Å². The van der Waals surface area contributed by atoms with Crippen molar-refractivity contribution in [3.05, 3.63) is 51.0 Å². The van der Waals surface area contributed by atoms with E-state index in [9.17, 15) is 9.59 Å². The minimum atomic E-state index is -1.02. The topological polar surface area (TPSA) is 70.4 Å². The van der Waals surface area contributed by atoms with Gasteiger partial charge in [-0.15, -0.1) is 0 Å². The maximum absolute atomic E-state index is 13.0. The maximum atomic E-state index is 13.0. The standard InChI is InChI=1S/C25H32Cl2N2O4/c1-5-32-24(30)21(25(31)33-6-2)17-9-7-8-10-20-22(17)29(23(28-20)15(3)4)14-16-11-12-18(26)19(27)13-16/h11-13,15,17,21H,5-10,14H2,1-4H3. The van der Waals surface area contributed by atoms with Crippen LogP contribution in [-0.2, 0) is 32.0 Å². The summed E-state index contributed by atoms with van der Waals surface area (Å²) in [6.45, 7) is 8.59. The highest BCUT2D eigenvalue weighted by Gasteiger charge is 2.42. The molecular formula is C25H32Cl2N2O4. The number of carbonyl (C=O) groups excluding carboxylic acids is 2. The molecule has 1 heterocycles. The lowest BCUT2D eigenvalue weighted by atomic mass is 9.85. The first-order valence-corrected chi connectivity index (χ1v) is 12.4. The van der Waals surface area contributed by atoms with Crippen LogP contribution in [-0.4, -0.2) is 34.7 Å². The van der Waals surface area contributed by atoms with Gasteiger partial charge in [0.2, 0.25) is 0 Å². The number of nitrogens with zero attached hydrogens (tertiary/aromatic N) is 2. The molecule has 0 aliphatic heterocycles. The Kier molecular flexibility index (Phi) is 8.82. The van der Waals surface area contributed by atoms with Crippen LogP contribution < -0.4 is 0 Å². The van der Waals surface area contributed by atoms with Gasteiger partial charge in [-0.25, -0.2) is 4.98 Å². The van der Waals surface area contributed by atoms with Gasteiger partial charge in [0.25, 0.3) is 0 Å². The zero-order valence-electron chi connectivity index (χ0n) is 19.7. The van der Waals surface area contributed by atoms with E-state index in [1.165, 1.54) is 0 Å². The summed E-state index contributed by atoms with van der Waals surface area (Å²) in [4.78, 5) is 31.0. The Balaban J connectivity index is 2.15. The molecule has 2 aromatic rings. The summed E-state index contributed by atoms with van der Waals surface area (Å²) in [6, 6.07) is 5.56. The van der Waals surface area contributed by atoms with E-state index in [4.69, 9.17) is 37.7 Å². The van der Waals surface area contributed by atoms with Crippen LogP contribution in [0.25, 0.3) is 0 Å². The summed E-state index contributed by atoms with van der Waals surface area (Å²) in [5.74, 6) is -1.40. The summed E-state index contributed by atoms with van der Waals surface area (Å²) in [5, 5.41) is 0.982. The first-order valence-electron chi connectivity index (χ1n) is 11.6. The average Bonchev–Trinajstić information content (AvgIpc) is 2.98. The van der Waals surface area contributed by atoms with Crippen LogP contribution in [0.3, 0.4) is 0 Å². The molecule has 0 saturated carbocycles.